The summed E-state index contributed by atoms with van der Waals surface area (Å²) in [5, 5.41) is 0. The fourth-order valence-electron chi connectivity index (χ4n) is 5.63. The van der Waals surface area contributed by atoms with Crippen LogP contribution < -0.4 is 12.4 Å². The first-order valence-electron chi connectivity index (χ1n) is 17.6. The van der Waals surface area contributed by atoms with Gasteiger partial charge in [-0.15, -0.1) is 0 Å². The number of hydrogen-bond acceptors (Lipinski definition) is 0. The van der Waals surface area contributed by atoms with Crippen LogP contribution in [0.2, 0.25) is 0 Å². The number of unbranched alkanes of at least 4 members (excludes halogenated alkanes) is 25. The molecule has 0 saturated carbocycles. The Hall–Kier alpha value is -0.0100. The van der Waals surface area contributed by atoms with Crippen molar-refractivity contribution in [3.63, 3.8) is 0 Å². The normalized spacial score (nSPS) is 11.9. The Bertz CT molecular complexity index is 445. The second kappa shape index (κ2) is 33.2. The molecule has 0 aliphatic rings. The Morgan fingerprint density at radius 1 is 0.342 bits per heavy atom. The molecule has 0 rings (SSSR count). The van der Waals surface area contributed by atoms with E-state index >= 15 is 0 Å². The van der Waals surface area contributed by atoms with Crippen LogP contribution in [0.4, 0.5) is 0 Å². The van der Waals surface area contributed by atoms with Crippen molar-refractivity contribution in [2.45, 2.75) is 194 Å². The number of rotatable bonds is 31. The molecule has 0 bridgehead atoms. The predicted octanol–water partition coefficient (Wildman–Crippen LogP) is 9.59. The fraction of sp³-hybridized carbons (Fsp3) is 0.944. The summed E-state index contributed by atoms with van der Waals surface area (Å²) in [5.41, 5.74) is 0. The van der Waals surface area contributed by atoms with E-state index in [0.29, 0.717) is 0 Å². The number of hydrogen-bond donors (Lipinski definition) is 0. The smallest absolute Gasteiger partial charge is 0.0782 e. The number of quaternary nitrogens is 1. The minimum atomic E-state index is 0. The van der Waals surface area contributed by atoms with Gasteiger partial charge in [0.25, 0.3) is 0 Å². The summed E-state index contributed by atoms with van der Waals surface area (Å²) in [4.78, 5) is 0. The van der Waals surface area contributed by atoms with Crippen LogP contribution in [-0.4, -0.2) is 31.7 Å². The molecule has 0 aliphatic carbocycles. The van der Waals surface area contributed by atoms with E-state index in [4.69, 9.17) is 0 Å². The molecule has 2 heteroatoms. The molecule has 0 aromatic heterocycles. The number of nitrogens with zero attached hydrogens (tertiary/aromatic N) is 1. The van der Waals surface area contributed by atoms with Crippen molar-refractivity contribution in [2.75, 3.05) is 27.2 Å². The molecule has 0 aromatic rings. The Balaban J connectivity index is 0. The van der Waals surface area contributed by atoms with E-state index in [-0.39, 0.29) is 12.4 Å². The van der Waals surface area contributed by atoms with Crippen molar-refractivity contribution < 1.29 is 16.9 Å². The molecule has 38 heavy (non-hydrogen) atoms. The van der Waals surface area contributed by atoms with Gasteiger partial charge < -0.3 is 16.9 Å². The number of halogens is 1. The lowest BCUT2D eigenvalue weighted by Gasteiger charge is -2.30. The molecule has 0 atom stereocenters. The summed E-state index contributed by atoms with van der Waals surface area (Å²) in [6, 6.07) is 0. The minimum Gasteiger partial charge on any atom is -1.00 e. The third-order valence-electron chi connectivity index (χ3n) is 8.39. The molecule has 0 amide bonds. The molecule has 0 aromatic carbocycles. The molecule has 0 aliphatic heterocycles. The monoisotopic (exact) mass is 556 g/mol. The lowest BCUT2D eigenvalue weighted by Crippen LogP contribution is -3.00. The standard InChI is InChI=1S/C36H74N.ClH/c1-5-7-9-11-13-15-17-19-21-22-24-26-28-30-32-34-36-37(3,4)35-33-31-29-27-25-23-20-18-16-14-12-10-8-6-2;/h19,21H,5-18,20,22-36H2,1-4H3;1H/q+1;/p-1/b21-19+;. The van der Waals surface area contributed by atoms with Gasteiger partial charge in [-0.3, -0.25) is 0 Å². The van der Waals surface area contributed by atoms with E-state index in [0.717, 1.165) is 0 Å². The SMILES string of the molecule is CCCCCCCC/C=C/CCCCCCCC[N+](C)(C)CCCCCCCCCCCCCCCC.[Cl-]. The van der Waals surface area contributed by atoms with Crippen molar-refractivity contribution in [1.82, 2.24) is 0 Å². The zero-order valence-corrected chi connectivity index (χ0v) is 27.9. The summed E-state index contributed by atoms with van der Waals surface area (Å²) < 4.78 is 1.24. The van der Waals surface area contributed by atoms with Crippen molar-refractivity contribution in [2.24, 2.45) is 0 Å². The Kier molecular flexibility index (Phi) is 35.1. The average molecular weight is 556 g/mol. The van der Waals surface area contributed by atoms with Gasteiger partial charge in [0.1, 0.15) is 0 Å². The maximum Gasteiger partial charge on any atom is 0.0782 e. The van der Waals surface area contributed by atoms with Gasteiger partial charge in [0.2, 0.25) is 0 Å². The first kappa shape index (κ1) is 40.1. The fourth-order valence-corrected chi connectivity index (χ4v) is 5.63. The number of allylic oxidation sites excluding steroid dienone is 2. The molecule has 0 heterocycles. The third kappa shape index (κ3) is 34.0. The third-order valence-corrected chi connectivity index (χ3v) is 8.39. The van der Waals surface area contributed by atoms with Gasteiger partial charge >= 0.3 is 0 Å². The summed E-state index contributed by atoms with van der Waals surface area (Å²) in [5.74, 6) is 0. The van der Waals surface area contributed by atoms with Crippen LogP contribution in [0.5, 0.6) is 0 Å². The van der Waals surface area contributed by atoms with Crippen molar-refractivity contribution in [1.29, 1.82) is 0 Å². The van der Waals surface area contributed by atoms with Gasteiger partial charge in [-0.05, 0) is 51.4 Å². The van der Waals surface area contributed by atoms with Crippen molar-refractivity contribution in [3.05, 3.63) is 12.2 Å². The summed E-state index contributed by atoms with van der Waals surface area (Å²) in [6.07, 6.45) is 45.0. The quantitative estimate of drug-likeness (QED) is 0.0453. The summed E-state index contributed by atoms with van der Waals surface area (Å²) in [7, 11) is 4.92. The lowest BCUT2D eigenvalue weighted by molar-refractivity contribution is -0.890. The molecular formula is C36H74ClN. The van der Waals surface area contributed by atoms with Crippen molar-refractivity contribution >= 4 is 0 Å². The van der Waals surface area contributed by atoms with Crippen LogP contribution in [0.25, 0.3) is 0 Å². The zero-order chi connectivity index (χ0) is 27.1. The van der Waals surface area contributed by atoms with Crippen LogP contribution in [0.3, 0.4) is 0 Å². The van der Waals surface area contributed by atoms with Crippen LogP contribution in [0, 0.1) is 0 Å². The van der Waals surface area contributed by atoms with Crippen LogP contribution in [0.1, 0.15) is 194 Å². The molecule has 1 nitrogen and oxygen atoms in total. The topological polar surface area (TPSA) is 0 Å². The van der Waals surface area contributed by atoms with Crippen LogP contribution >= 0.6 is 0 Å². The zero-order valence-electron chi connectivity index (χ0n) is 27.2. The minimum absolute atomic E-state index is 0. The van der Waals surface area contributed by atoms with E-state index < -0.39 is 0 Å². The van der Waals surface area contributed by atoms with Gasteiger partial charge in [-0.25, -0.2) is 0 Å². The maximum absolute atomic E-state index is 2.46. The van der Waals surface area contributed by atoms with E-state index in [1.165, 1.54) is 197 Å². The molecule has 0 unspecified atom stereocenters. The largest absolute Gasteiger partial charge is 1.00 e. The molecule has 0 N–H and O–H groups in total. The van der Waals surface area contributed by atoms with Crippen LogP contribution in [0.15, 0.2) is 12.2 Å². The summed E-state index contributed by atoms with van der Waals surface area (Å²) >= 11 is 0. The maximum atomic E-state index is 2.46. The predicted molar refractivity (Wildman–Crippen MR) is 172 cm³/mol. The Morgan fingerprint density at radius 2 is 0.579 bits per heavy atom. The highest BCUT2D eigenvalue weighted by Crippen LogP contribution is 2.15. The lowest BCUT2D eigenvalue weighted by atomic mass is 10.0. The van der Waals surface area contributed by atoms with Gasteiger partial charge in [0.05, 0.1) is 27.2 Å². The molecule has 0 saturated heterocycles. The Morgan fingerprint density at radius 3 is 0.868 bits per heavy atom. The summed E-state index contributed by atoms with van der Waals surface area (Å²) in [6.45, 7) is 7.36. The highest BCUT2D eigenvalue weighted by Gasteiger charge is 2.13. The molecule has 230 valence electrons. The highest BCUT2D eigenvalue weighted by atomic mass is 35.5. The van der Waals surface area contributed by atoms with Gasteiger partial charge in [0, 0.05) is 0 Å². The van der Waals surface area contributed by atoms with Crippen molar-refractivity contribution in [3.8, 4) is 0 Å². The molecule has 0 radical (unpaired) electrons. The highest BCUT2D eigenvalue weighted by molar-refractivity contribution is 4.81. The van der Waals surface area contributed by atoms with E-state index in [9.17, 15) is 0 Å². The van der Waals surface area contributed by atoms with E-state index in [1.807, 2.05) is 0 Å². The van der Waals surface area contributed by atoms with E-state index in [2.05, 4.69) is 40.1 Å². The molecule has 0 spiro atoms. The van der Waals surface area contributed by atoms with Crippen LogP contribution in [-0.2, 0) is 0 Å². The second-order valence-corrected chi connectivity index (χ2v) is 12.9. The first-order chi connectivity index (χ1) is 18.1. The van der Waals surface area contributed by atoms with E-state index in [1.54, 1.807) is 0 Å². The first-order valence-corrected chi connectivity index (χ1v) is 17.6. The van der Waals surface area contributed by atoms with Gasteiger partial charge in [-0.1, -0.05) is 154 Å². The van der Waals surface area contributed by atoms with Gasteiger partial charge in [0.15, 0.2) is 0 Å². The van der Waals surface area contributed by atoms with Gasteiger partial charge in [-0.2, -0.15) is 0 Å². The second-order valence-electron chi connectivity index (χ2n) is 12.9. The molecule has 0 fully saturated rings. The average Bonchev–Trinajstić information content (AvgIpc) is 2.88. The Labute approximate surface area is 249 Å². The molecular weight excluding hydrogens is 482 g/mol.